The van der Waals surface area contributed by atoms with E-state index in [1.54, 1.807) is 0 Å². The Morgan fingerprint density at radius 3 is 2.36 bits per heavy atom. The van der Waals surface area contributed by atoms with E-state index in [0.29, 0.717) is 0 Å². The number of rotatable bonds is 8. The lowest BCUT2D eigenvalue weighted by atomic mass is 9.92. The van der Waals surface area contributed by atoms with Crippen molar-refractivity contribution in [2.75, 3.05) is 0 Å². The van der Waals surface area contributed by atoms with Crippen LogP contribution in [0, 0.1) is 5.92 Å². The molecule has 0 saturated heterocycles. The molecule has 84 valence electrons. The van der Waals surface area contributed by atoms with Crippen molar-refractivity contribution in [1.29, 1.82) is 0 Å². The highest BCUT2D eigenvalue weighted by Crippen LogP contribution is 2.38. The molecule has 0 aromatic rings. The first-order chi connectivity index (χ1) is 6.64. The van der Waals surface area contributed by atoms with Crippen molar-refractivity contribution in [3.05, 3.63) is 0 Å². The van der Waals surface area contributed by atoms with Gasteiger partial charge in [0, 0.05) is 0 Å². The summed E-state index contributed by atoms with van der Waals surface area (Å²) in [5, 5.41) is 10.1. The summed E-state index contributed by atoms with van der Waals surface area (Å²) in [6.45, 7) is 4.26. The topological polar surface area (TPSA) is 20.2 Å². The maximum Gasteiger partial charge on any atom is 0.0622 e. The monoisotopic (exact) mass is 198 g/mol. The van der Waals surface area contributed by atoms with E-state index in [2.05, 4.69) is 6.92 Å². The van der Waals surface area contributed by atoms with Crippen LogP contribution in [0.2, 0.25) is 0 Å². The number of aliphatic hydroxyl groups is 1. The Kier molecular flexibility index (Phi) is 4.94. The minimum Gasteiger partial charge on any atom is -0.390 e. The van der Waals surface area contributed by atoms with E-state index in [-0.39, 0.29) is 5.60 Å². The van der Waals surface area contributed by atoms with Gasteiger partial charge in [-0.25, -0.2) is 0 Å². The maximum absolute atomic E-state index is 10.1. The molecule has 0 heterocycles. The lowest BCUT2D eigenvalue weighted by Crippen LogP contribution is -2.24. The van der Waals surface area contributed by atoms with Gasteiger partial charge in [0.25, 0.3) is 0 Å². The Bertz CT molecular complexity index is 147. The summed E-state index contributed by atoms with van der Waals surface area (Å²) in [5.41, 5.74) is -0.368. The molecule has 0 aromatic carbocycles. The van der Waals surface area contributed by atoms with Gasteiger partial charge in [-0.05, 0) is 25.7 Å². The second-order valence-corrected chi connectivity index (χ2v) is 5.31. The van der Waals surface area contributed by atoms with Crippen LogP contribution in [-0.4, -0.2) is 10.7 Å². The highest BCUT2D eigenvalue weighted by Gasteiger charge is 2.30. The molecule has 1 atom stereocenters. The molecule has 1 rings (SSSR count). The van der Waals surface area contributed by atoms with Crippen LogP contribution in [0.25, 0.3) is 0 Å². The fourth-order valence-electron chi connectivity index (χ4n) is 2.16. The molecule has 0 aromatic heterocycles. The molecule has 1 fully saturated rings. The molecule has 1 N–H and O–H groups in total. The van der Waals surface area contributed by atoms with Crippen LogP contribution in [0.5, 0.6) is 0 Å². The fourth-order valence-corrected chi connectivity index (χ4v) is 2.16. The van der Waals surface area contributed by atoms with Crippen molar-refractivity contribution in [3.8, 4) is 0 Å². The van der Waals surface area contributed by atoms with Crippen molar-refractivity contribution in [3.63, 3.8) is 0 Å². The third kappa shape index (κ3) is 5.64. The third-order valence-corrected chi connectivity index (χ3v) is 3.24. The highest BCUT2D eigenvalue weighted by atomic mass is 16.3. The Hall–Kier alpha value is -0.0400. The van der Waals surface area contributed by atoms with Crippen LogP contribution in [-0.2, 0) is 0 Å². The number of hydrogen-bond donors (Lipinski definition) is 1. The summed E-state index contributed by atoms with van der Waals surface area (Å²) >= 11 is 0. The van der Waals surface area contributed by atoms with Crippen LogP contribution in [0.15, 0.2) is 0 Å². The van der Waals surface area contributed by atoms with Gasteiger partial charge in [0.15, 0.2) is 0 Å². The second-order valence-electron chi connectivity index (χ2n) is 5.31. The molecule has 1 unspecified atom stereocenters. The predicted molar refractivity (Wildman–Crippen MR) is 61.3 cm³/mol. The van der Waals surface area contributed by atoms with Gasteiger partial charge < -0.3 is 5.11 Å². The predicted octanol–water partition coefficient (Wildman–Crippen LogP) is 3.90. The third-order valence-electron chi connectivity index (χ3n) is 3.24. The van der Waals surface area contributed by atoms with E-state index in [4.69, 9.17) is 0 Å². The van der Waals surface area contributed by atoms with E-state index in [0.717, 1.165) is 18.8 Å². The first-order valence-electron chi connectivity index (χ1n) is 6.36. The highest BCUT2D eigenvalue weighted by molar-refractivity contribution is 4.83. The minimum absolute atomic E-state index is 0.368. The van der Waals surface area contributed by atoms with Gasteiger partial charge in [-0.2, -0.15) is 0 Å². The molecular weight excluding hydrogens is 172 g/mol. The lowest BCUT2D eigenvalue weighted by Gasteiger charge is -2.22. The van der Waals surface area contributed by atoms with E-state index in [1.807, 2.05) is 6.92 Å². The number of hydrogen-bond acceptors (Lipinski definition) is 1. The first-order valence-corrected chi connectivity index (χ1v) is 6.36. The Morgan fingerprint density at radius 1 is 1.14 bits per heavy atom. The largest absolute Gasteiger partial charge is 0.390 e. The molecule has 14 heavy (non-hydrogen) atoms. The molecule has 0 spiro atoms. The zero-order valence-corrected chi connectivity index (χ0v) is 9.89. The van der Waals surface area contributed by atoms with Crippen LogP contribution in [0.3, 0.4) is 0 Å². The second kappa shape index (κ2) is 5.75. The van der Waals surface area contributed by atoms with Gasteiger partial charge in [-0.3, -0.25) is 0 Å². The van der Waals surface area contributed by atoms with Crippen LogP contribution in [0.1, 0.15) is 71.6 Å². The van der Waals surface area contributed by atoms with Crippen molar-refractivity contribution >= 4 is 0 Å². The average molecular weight is 198 g/mol. The molecule has 0 radical (unpaired) electrons. The Labute approximate surface area is 88.9 Å². The van der Waals surface area contributed by atoms with Gasteiger partial charge in [-0.1, -0.05) is 51.9 Å². The molecule has 0 aliphatic heterocycles. The molecule has 0 amide bonds. The smallest absolute Gasteiger partial charge is 0.0622 e. The molecule has 1 aliphatic carbocycles. The molecule has 1 aliphatic rings. The van der Waals surface area contributed by atoms with Crippen molar-refractivity contribution < 1.29 is 5.11 Å². The Balaban J connectivity index is 1.97. The van der Waals surface area contributed by atoms with Crippen molar-refractivity contribution in [2.24, 2.45) is 5.92 Å². The molecular formula is C13H26O. The van der Waals surface area contributed by atoms with E-state index in [1.165, 1.54) is 44.9 Å². The summed E-state index contributed by atoms with van der Waals surface area (Å²) in [6, 6.07) is 0. The average Bonchev–Trinajstić information content (AvgIpc) is 2.87. The van der Waals surface area contributed by atoms with Crippen LogP contribution in [0.4, 0.5) is 0 Å². The molecule has 1 saturated carbocycles. The SMILES string of the molecule is CCCCCCCC(C)(O)CC1CC1. The van der Waals surface area contributed by atoms with Gasteiger partial charge in [-0.15, -0.1) is 0 Å². The number of unbranched alkanes of at least 4 members (excludes halogenated alkanes) is 4. The van der Waals surface area contributed by atoms with E-state index >= 15 is 0 Å². The summed E-state index contributed by atoms with van der Waals surface area (Å²) in [6.07, 6.45) is 11.3. The zero-order chi connectivity index (χ0) is 10.4. The molecule has 1 heteroatoms. The van der Waals surface area contributed by atoms with Crippen molar-refractivity contribution in [2.45, 2.75) is 77.2 Å². The first kappa shape index (κ1) is 12.0. The zero-order valence-electron chi connectivity index (χ0n) is 9.89. The van der Waals surface area contributed by atoms with E-state index in [9.17, 15) is 5.11 Å². The normalized spacial score (nSPS) is 20.8. The molecule has 1 nitrogen and oxygen atoms in total. The summed E-state index contributed by atoms with van der Waals surface area (Å²) in [5.74, 6) is 0.848. The fraction of sp³-hybridized carbons (Fsp3) is 1.00. The van der Waals surface area contributed by atoms with Gasteiger partial charge in [0.2, 0.25) is 0 Å². The maximum atomic E-state index is 10.1. The minimum atomic E-state index is -0.368. The quantitative estimate of drug-likeness (QED) is 0.586. The standard InChI is InChI=1S/C13H26O/c1-3-4-5-6-7-10-13(2,14)11-12-8-9-12/h12,14H,3-11H2,1-2H3. The molecule has 0 bridgehead atoms. The summed E-state index contributed by atoms with van der Waals surface area (Å²) in [4.78, 5) is 0. The van der Waals surface area contributed by atoms with Crippen LogP contribution >= 0.6 is 0 Å². The Morgan fingerprint density at radius 2 is 1.79 bits per heavy atom. The van der Waals surface area contributed by atoms with Gasteiger partial charge >= 0.3 is 0 Å². The summed E-state index contributed by atoms with van der Waals surface area (Å²) in [7, 11) is 0. The lowest BCUT2D eigenvalue weighted by molar-refractivity contribution is 0.0337. The summed E-state index contributed by atoms with van der Waals surface area (Å²) < 4.78 is 0. The van der Waals surface area contributed by atoms with Crippen LogP contribution < -0.4 is 0 Å². The van der Waals surface area contributed by atoms with Gasteiger partial charge in [0.05, 0.1) is 5.60 Å². The van der Waals surface area contributed by atoms with E-state index < -0.39 is 0 Å². The van der Waals surface area contributed by atoms with Crippen molar-refractivity contribution in [1.82, 2.24) is 0 Å². The van der Waals surface area contributed by atoms with Gasteiger partial charge in [0.1, 0.15) is 0 Å².